The van der Waals surface area contributed by atoms with Crippen LogP contribution in [0.5, 0.6) is 0 Å². The summed E-state index contributed by atoms with van der Waals surface area (Å²) in [4.78, 5) is 4.12. The topological polar surface area (TPSA) is 36.4 Å². The van der Waals surface area contributed by atoms with Gasteiger partial charge in [0.1, 0.15) is 5.84 Å². The van der Waals surface area contributed by atoms with Crippen molar-refractivity contribution in [1.82, 2.24) is 10.6 Å². The summed E-state index contributed by atoms with van der Waals surface area (Å²) in [6.07, 6.45) is 6.09. The zero-order valence-corrected chi connectivity index (χ0v) is 18.3. The first-order chi connectivity index (χ1) is 14.0. The Morgan fingerprint density at radius 1 is 1.07 bits per heavy atom. The third-order valence-electron chi connectivity index (χ3n) is 4.29. The maximum atomic E-state index is 4.12. The van der Waals surface area contributed by atoms with Crippen molar-refractivity contribution in [1.29, 1.82) is 0 Å². The third kappa shape index (κ3) is 10.7. The molecule has 1 aliphatic rings. The fourth-order valence-corrected chi connectivity index (χ4v) is 2.64. The van der Waals surface area contributed by atoms with E-state index in [0.717, 1.165) is 12.4 Å². The van der Waals surface area contributed by atoms with E-state index in [0.29, 0.717) is 0 Å². The highest BCUT2D eigenvalue weighted by Gasteiger charge is 1.99. The van der Waals surface area contributed by atoms with Crippen LogP contribution in [0.15, 0.2) is 90.7 Å². The summed E-state index contributed by atoms with van der Waals surface area (Å²) >= 11 is 0. The van der Waals surface area contributed by atoms with Gasteiger partial charge in [0.05, 0.1) is 0 Å². The van der Waals surface area contributed by atoms with Gasteiger partial charge in [0.15, 0.2) is 0 Å². The Balaban J connectivity index is 0.000000262. The average Bonchev–Trinajstić information content (AvgIpc) is 3.20. The van der Waals surface area contributed by atoms with Gasteiger partial charge in [-0.1, -0.05) is 78.9 Å². The highest BCUT2D eigenvalue weighted by atomic mass is 14.9. The van der Waals surface area contributed by atoms with Crippen molar-refractivity contribution in [3.63, 3.8) is 0 Å². The normalized spacial score (nSPS) is 13.3. The lowest BCUT2D eigenvalue weighted by atomic mass is 10.0. The second-order valence-electron chi connectivity index (χ2n) is 6.94. The lowest BCUT2D eigenvalue weighted by molar-refractivity contribution is 0.904. The SMILES string of the molecule is C=C1CCCN1.C=CNC(/C=C(\C)c1cccc(C)c1)=NC.Cc1ccccc1. The van der Waals surface area contributed by atoms with E-state index in [9.17, 15) is 0 Å². The molecule has 1 saturated heterocycles. The lowest BCUT2D eigenvalue weighted by Gasteiger charge is -2.05. The lowest BCUT2D eigenvalue weighted by Crippen LogP contribution is -2.14. The third-order valence-corrected chi connectivity index (χ3v) is 4.29. The minimum atomic E-state index is 0.814. The van der Waals surface area contributed by atoms with Crippen molar-refractivity contribution in [2.75, 3.05) is 13.6 Å². The van der Waals surface area contributed by atoms with Crippen LogP contribution in [0.25, 0.3) is 5.57 Å². The molecule has 3 rings (SSSR count). The number of allylic oxidation sites excluding steroid dienone is 2. The van der Waals surface area contributed by atoms with Crippen molar-refractivity contribution in [2.45, 2.75) is 33.6 Å². The molecule has 1 aliphatic heterocycles. The molecular formula is C26H35N3. The Labute approximate surface area is 177 Å². The number of amidine groups is 1. The van der Waals surface area contributed by atoms with Crippen LogP contribution in [0.3, 0.4) is 0 Å². The summed E-state index contributed by atoms with van der Waals surface area (Å²) in [6.45, 7) is 14.8. The molecular weight excluding hydrogens is 354 g/mol. The van der Waals surface area contributed by atoms with E-state index in [1.54, 1.807) is 13.2 Å². The van der Waals surface area contributed by atoms with Crippen LogP contribution in [0, 0.1) is 13.8 Å². The van der Waals surface area contributed by atoms with E-state index in [-0.39, 0.29) is 0 Å². The second-order valence-corrected chi connectivity index (χ2v) is 6.94. The van der Waals surface area contributed by atoms with Crippen LogP contribution in [-0.4, -0.2) is 19.4 Å². The summed E-state index contributed by atoms with van der Waals surface area (Å²) in [5, 5.41) is 6.11. The fraction of sp³-hybridized carbons (Fsp3) is 0.269. The highest BCUT2D eigenvalue weighted by Crippen LogP contribution is 2.14. The number of aliphatic imine (C=N–C) groups is 1. The quantitative estimate of drug-likeness (QED) is 0.496. The zero-order valence-electron chi connectivity index (χ0n) is 18.3. The number of nitrogens with zero attached hydrogens (tertiary/aromatic N) is 1. The second kappa shape index (κ2) is 14.0. The maximum Gasteiger partial charge on any atom is 0.124 e. The van der Waals surface area contributed by atoms with Gasteiger partial charge in [-0.15, -0.1) is 0 Å². The van der Waals surface area contributed by atoms with Crippen LogP contribution in [0.4, 0.5) is 0 Å². The summed E-state index contributed by atoms with van der Waals surface area (Å²) in [7, 11) is 1.76. The van der Waals surface area contributed by atoms with E-state index in [2.05, 4.69) is 86.0 Å². The van der Waals surface area contributed by atoms with Gasteiger partial charge < -0.3 is 10.6 Å². The molecule has 0 bridgehead atoms. The first-order valence-electron chi connectivity index (χ1n) is 9.99. The van der Waals surface area contributed by atoms with Gasteiger partial charge in [0.2, 0.25) is 0 Å². The molecule has 0 radical (unpaired) electrons. The van der Waals surface area contributed by atoms with Crippen LogP contribution in [-0.2, 0) is 0 Å². The van der Waals surface area contributed by atoms with Crippen molar-refractivity contribution in [3.05, 3.63) is 102 Å². The number of hydrogen-bond donors (Lipinski definition) is 2. The number of benzene rings is 2. The van der Waals surface area contributed by atoms with Gasteiger partial charge in [0, 0.05) is 19.3 Å². The van der Waals surface area contributed by atoms with Crippen molar-refractivity contribution in [2.24, 2.45) is 4.99 Å². The summed E-state index contributed by atoms with van der Waals surface area (Å²) in [5.41, 5.74) is 6.18. The molecule has 29 heavy (non-hydrogen) atoms. The molecule has 2 N–H and O–H groups in total. The predicted molar refractivity (Wildman–Crippen MR) is 129 cm³/mol. The minimum absolute atomic E-state index is 0.814. The van der Waals surface area contributed by atoms with Crippen molar-refractivity contribution >= 4 is 11.4 Å². The van der Waals surface area contributed by atoms with Gasteiger partial charge in [-0.2, -0.15) is 0 Å². The van der Waals surface area contributed by atoms with E-state index in [4.69, 9.17) is 0 Å². The summed E-state index contributed by atoms with van der Waals surface area (Å²) < 4.78 is 0. The number of rotatable bonds is 3. The van der Waals surface area contributed by atoms with Crippen LogP contribution in [0.2, 0.25) is 0 Å². The molecule has 0 unspecified atom stereocenters. The van der Waals surface area contributed by atoms with Gasteiger partial charge in [0.25, 0.3) is 0 Å². The minimum Gasteiger partial charge on any atom is -0.389 e. The van der Waals surface area contributed by atoms with Crippen molar-refractivity contribution < 1.29 is 0 Å². The zero-order chi connectivity index (χ0) is 21.5. The van der Waals surface area contributed by atoms with E-state index >= 15 is 0 Å². The van der Waals surface area contributed by atoms with Crippen LogP contribution < -0.4 is 10.6 Å². The average molecular weight is 390 g/mol. The maximum absolute atomic E-state index is 4.12. The Bertz CT molecular complexity index is 809. The number of aryl methyl sites for hydroxylation is 2. The van der Waals surface area contributed by atoms with Crippen molar-refractivity contribution in [3.8, 4) is 0 Å². The summed E-state index contributed by atoms with van der Waals surface area (Å²) in [5.74, 6) is 0.814. The molecule has 0 saturated carbocycles. The Hall–Kier alpha value is -3.07. The Kier molecular flexibility index (Phi) is 11.6. The predicted octanol–water partition coefficient (Wildman–Crippen LogP) is 6.04. The molecule has 0 atom stereocenters. The molecule has 3 heteroatoms. The number of nitrogens with one attached hydrogen (secondary N) is 2. The molecule has 0 amide bonds. The molecule has 1 heterocycles. The smallest absolute Gasteiger partial charge is 0.124 e. The number of hydrogen-bond acceptors (Lipinski definition) is 2. The molecule has 2 aromatic rings. The van der Waals surface area contributed by atoms with Gasteiger partial charge in [-0.3, -0.25) is 4.99 Å². The molecule has 2 aromatic carbocycles. The first kappa shape index (κ1) is 24.0. The molecule has 0 aliphatic carbocycles. The molecule has 1 fully saturated rings. The van der Waals surface area contributed by atoms with Crippen LogP contribution in [0.1, 0.15) is 36.5 Å². The standard InChI is InChI=1S/C14H18N2.C7H8.C5H9N/c1-5-16-14(15-4)10-12(3)13-8-6-7-11(2)9-13;1-7-5-3-2-4-6-7;1-5-3-2-4-6-5/h5-10H,1H2,2-4H3,(H,15,16);2-6H,1H3;6H,1-4H2/b12-10+;;. The Morgan fingerprint density at radius 3 is 2.17 bits per heavy atom. The van der Waals surface area contributed by atoms with Gasteiger partial charge in [-0.05, 0) is 57.0 Å². The molecule has 154 valence electrons. The van der Waals surface area contributed by atoms with Gasteiger partial charge >= 0.3 is 0 Å². The summed E-state index contributed by atoms with van der Waals surface area (Å²) in [6, 6.07) is 18.7. The fourth-order valence-electron chi connectivity index (χ4n) is 2.64. The monoisotopic (exact) mass is 389 g/mol. The Morgan fingerprint density at radius 2 is 1.76 bits per heavy atom. The molecule has 0 aromatic heterocycles. The van der Waals surface area contributed by atoms with Crippen LogP contribution >= 0.6 is 0 Å². The molecule has 0 spiro atoms. The van der Waals surface area contributed by atoms with E-state index in [1.165, 1.54) is 40.8 Å². The molecule has 3 nitrogen and oxygen atoms in total. The van der Waals surface area contributed by atoms with E-state index < -0.39 is 0 Å². The van der Waals surface area contributed by atoms with E-state index in [1.807, 2.05) is 24.3 Å². The first-order valence-corrected chi connectivity index (χ1v) is 9.99. The van der Waals surface area contributed by atoms with Gasteiger partial charge in [-0.25, -0.2) is 0 Å². The highest BCUT2D eigenvalue weighted by molar-refractivity contribution is 5.99. The largest absolute Gasteiger partial charge is 0.389 e.